The summed E-state index contributed by atoms with van der Waals surface area (Å²) >= 11 is 0. The SMILES string of the molecule is CN1C(=O)C2(CCCC2)NC[C@H]1c1cc(F)cc(F)c1. The lowest BCUT2D eigenvalue weighted by Gasteiger charge is -2.43. The van der Waals surface area contributed by atoms with Crippen LogP contribution in [0.4, 0.5) is 8.78 Å². The van der Waals surface area contributed by atoms with Crippen LogP contribution in [-0.4, -0.2) is 29.9 Å². The molecular weight excluding hydrogens is 262 g/mol. The average molecular weight is 280 g/mol. The van der Waals surface area contributed by atoms with Gasteiger partial charge in [0, 0.05) is 19.7 Å². The fraction of sp³-hybridized carbons (Fsp3) is 0.533. The number of carbonyl (C=O) groups excluding carboxylic acids is 1. The van der Waals surface area contributed by atoms with Crippen molar-refractivity contribution < 1.29 is 13.6 Å². The maximum atomic E-state index is 13.3. The van der Waals surface area contributed by atoms with E-state index >= 15 is 0 Å². The predicted molar refractivity (Wildman–Crippen MR) is 71.1 cm³/mol. The van der Waals surface area contributed by atoms with E-state index in [2.05, 4.69) is 5.32 Å². The van der Waals surface area contributed by atoms with Gasteiger partial charge in [-0.1, -0.05) is 12.8 Å². The van der Waals surface area contributed by atoms with E-state index in [-0.39, 0.29) is 11.9 Å². The van der Waals surface area contributed by atoms with Crippen molar-refractivity contribution >= 4 is 5.91 Å². The molecule has 1 aromatic carbocycles. The van der Waals surface area contributed by atoms with Gasteiger partial charge in [0.05, 0.1) is 11.6 Å². The third-order valence-electron chi connectivity index (χ3n) is 4.56. The minimum atomic E-state index is -0.609. The molecule has 3 rings (SSSR count). The monoisotopic (exact) mass is 280 g/mol. The number of hydrogen-bond acceptors (Lipinski definition) is 2. The van der Waals surface area contributed by atoms with Gasteiger partial charge in [0.2, 0.25) is 5.91 Å². The van der Waals surface area contributed by atoms with Gasteiger partial charge in [-0.3, -0.25) is 4.79 Å². The van der Waals surface area contributed by atoms with Gasteiger partial charge < -0.3 is 10.2 Å². The summed E-state index contributed by atoms with van der Waals surface area (Å²) < 4.78 is 26.7. The average Bonchev–Trinajstić information content (AvgIpc) is 2.85. The van der Waals surface area contributed by atoms with Crippen molar-refractivity contribution in [1.29, 1.82) is 0 Å². The summed E-state index contributed by atoms with van der Waals surface area (Å²) in [7, 11) is 1.72. The molecule has 0 unspecified atom stereocenters. The minimum absolute atomic E-state index is 0.0379. The molecule has 1 heterocycles. The van der Waals surface area contributed by atoms with Gasteiger partial charge in [0.15, 0.2) is 0 Å². The number of amides is 1. The third-order valence-corrected chi connectivity index (χ3v) is 4.56. The first-order valence-corrected chi connectivity index (χ1v) is 7.00. The van der Waals surface area contributed by atoms with Gasteiger partial charge in [0.1, 0.15) is 11.6 Å². The van der Waals surface area contributed by atoms with E-state index < -0.39 is 17.2 Å². The highest BCUT2D eigenvalue weighted by atomic mass is 19.1. The smallest absolute Gasteiger partial charge is 0.243 e. The van der Waals surface area contributed by atoms with E-state index in [4.69, 9.17) is 0 Å². The van der Waals surface area contributed by atoms with Crippen molar-refractivity contribution in [2.45, 2.75) is 37.3 Å². The molecule has 1 aliphatic carbocycles. The van der Waals surface area contributed by atoms with E-state index in [0.717, 1.165) is 31.7 Å². The Morgan fingerprint density at radius 2 is 1.80 bits per heavy atom. The molecule has 1 amide bonds. The maximum absolute atomic E-state index is 13.3. The molecule has 0 aromatic heterocycles. The van der Waals surface area contributed by atoms with Crippen molar-refractivity contribution in [3.8, 4) is 0 Å². The van der Waals surface area contributed by atoms with Gasteiger partial charge in [0.25, 0.3) is 0 Å². The summed E-state index contributed by atoms with van der Waals surface area (Å²) in [4.78, 5) is 14.2. The molecule has 0 bridgehead atoms. The Morgan fingerprint density at radius 3 is 2.40 bits per heavy atom. The molecule has 1 aromatic rings. The minimum Gasteiger partial charge on any atom is -0.336 e. The van der Waals surface area contributed by atoms with Crippen LogP contribution in [0.5, 0.6) is 0 Å². The highest BCUT2D eigenvalue weighted by Crippen LogP contribution is 2.37. The standard InChI is InChI=1S/C15H18F2N2O/c1-19-13(10-6-11(16)8-12(17)7-10)9-18-15(14(19)20)4-2-3-5-15/h6-8,13,18H,2-5,9H2,1H3/t13-/m0/s1. The van der Waals surface area contributed by atoms with Crippen LogP contribution < -0.4 is 5.32 Å². The van der Waals surface area contributed by atoms with Crippen LogP contribution in [-0.2, 0) is 4.79 Å². The van der Waals surface area contributed by atoms with E-state index in [0.29, 0.717) is 12.1 Å². The third kappa shape index (κ3) is 2.10. The fourth-order valence-corrected chi connectivity index (χ4v) is 3.46. The first-order chi connectivity index (χ1) is 9.52. The summed E-state index contributed by atoms with van der Waals surface area (Å²) in [6.07, 6.45) is 3.79. The van der Waals surface area contributed by atoms with Crippen molar-refractivity contribution in [3.63, 3.8) is 0 Å². The predicted octanol–water partition coefficient (Wildman–Crippen LogP) is 2.38. The molecule has 1 saturated carbocycles. The van der Waals surface area contributed by atoms with E-state index in [9.17, 15) is 13.6 Å². The second-order valence-electron chi connectivity index (χ2n) is 5.80. The number of halogens is 2. The number of rotatable bonds is 1. The van der Waals surface area contributed by atoms with E-state index in [1.54, 1.807) is 11.9 Å². The maximum Gasteiger partial charge on any atom is 0.243 e. The molecule has 1 N–H and O–H groups in total. The molecule has 2 aliphatic rings. The van der Waals surface area contributed by atoms with Gasteiger partial charge in [-0.05, 0) is 30.5 Å². The Labute approximate surface area is 117 Å². The number of likely N-dealkylation sites (N-methyl/N-ethyl adjacent to an activating group) is 1. The van der Waals surface area contributed by atoms with Gasteiger partial charge >= 0.3 is 0 Å². The Bertz CT molecular complexity index is 520. The number of nitrogens with one attached hydrogen (secondary N) is 1. The molecule has 1 saturated heterocycles. The highest BCUT2D eigenvalue weighted by Gasteiger charge is 2.47. The zero-order valence-corrected chi connectivity index (χ0v) is 11.5. The molecule has 1 aliphatic heterocycles. The van der Waals surface area contributed by atoms with Gasteiger partial charge in [-0.2, -0.15) is 0 Å². The second-order valence-corrected chi connectivity index (χ2v) is 5.80. The summed E-state index contributed by atoms with van der Waals surface area (Å²) in [5.74, 6) is -1.18. The van der Waals surface area contributed by atoms with Crippen LogP contribution in [0.25, 0.3) is 0 Å². The molecule has 1 atom stereocenters. The lowest BCUT2D eigenvalue weighted by atomic mass is 9.89. The van der Waals surface area contributed by atoms with Crippen LogP contribution in [0.1, 0.15) is 37.3 Å². The number of carbonyl (C=O) groups is 1. The molecule has 2 fully saturated rings. The van der Waals surface area contributed by atoms with Crippen molar-refractivity contribution in [2.24, 2.45) is 0 Å². The normalized spacial score (nSPS) is 25.4. The van der Waals surface area contributed by atoms with Gasteiger partial charge in [-0.25, -0.2) is 8.78 Å². The lowest BCUT2D eigenvalue weighted by Crippen LogP contribution is -2.62. The van der Waals surface area contributed by atoms with Gasteiger partial charge in [-0.15, -0.1) is 0 Å². The summed E-state index contributed by atoms with van der Waals surface area (Å²) in [5, 5.41) is 3.33. The van der Waals surface area contributed by atoms with E-state index in [1.165, 1.54) is 12.1 Å². The molecule has 1 spiro atoms. The zero-order chi connectivity index (χ0) is 14.3. The first-order valence-electron chi connectivity index (χ1n) is 7.00. The molecule has 0 radical (unpaired) electrons. The molecular formula is C15H18F2N2O. The van der Waals surface area contributed by atoms with Crippen LogP contribution >= 0.6 is 0 Å². The highest BCUT2D eigenvalue weighted by molar-refractivity contribution is 5.87. The van der Waals surface area contributed by atoms with Crippen molar-refractivity contribution in [3.05, 3.63) is 35.4 Å². The van der Waals surface area contributed by atoms with Crippen LogP contribution in [0, 0.1) is 11.6 Å². The number of nitrogens with zero attached hydrogens (tertiary/aromatic N) is 1. The molecule has 3 nitrogen and oxygen atoms in total. The Hall–Kier alpha value is -1.49. The Kier molecular flexibility index (Phi) is 3.24. The summed E-state index contributed by atoms with van der Waals surface area (Å²) in [6.45, 7) is 0.533. The topological polar surface area (TPSA) is 32.3 Å². The first kappa shape index (κ1) is 13.5. The summed E-state index contributed by atoms with van der Waals surface area (Å²) in [5.41, 5.74) is 0.0515. The molecule has 108 valence electrons. The van der Waals surface area contributed by atoms with E-state index in [1.807, 2.05) is 0 Å². The molecule has 20 heavy (non-hydrogen) atoms. The Balaban J connectivity index is 1.88. The number of piperazine rings is 1. The Morgan fingerprint density at radius 1 is 1.20 bits per heavy atom. The van der Waals surface area contributed by atoms with Crippen LogP contribution in [0.3, 0.4) is 0 Å². The quantitative estimate of drug-likeness (QED) is 0.856. The van der Waals surface area contributed by atoms with Crippen molar-refractivity contribution in [2.75, 3.05) is 13.6 Å². The lowest BCUT2D eigenvalue weighted by molar-refractivity contribution is -0.143. The molecule has 5 heteroatoms. The second kappa shape index (κ2) is 4.81. The fourth-order valence-electron chi connectivity index (χ4n) is 3.46. The number of benzene rings is 1. The number of hydrogen-bond donors (Lipinski definition) is 1. The summed E-state index contributed by atoms with van der Waals surface area (Å²) in [6, 6.07) is 3.12. The van der Waals surface area contributed by atoms with Crippen LogP contribution in [0.2, 0.25) is 0 Å². The largest absolute Gasteiger partial charge is 0.336 e. The van der Waals surface area contributed by atoms with Crippen LogP contribution in [0.15, 0.2) is 18.2 Å². The zero-order valence-electron chi connectivity index (χ0n) is 11.5. The van der Waals surface area contributed by atoms with Crippen molar-refractivity contribution in [1.82, 2.24) is 10.2 Å².